The maximum Gasteiger partial charge on any atom is 0.325 e. The first-order valence-corrected chi connectivity index (χ1v) is 10.1. The summed E-state index contributed by atoms with van der Waals surface area (Å²) in [6, 6.07) is 12.8. The molecule has 0 unspecified atom stereocenters. The zero-order chi connectivity index (χ0) is 20.1. The molecule has 5 nitrogen and oxygen atoms in total. The second-order valence-corrected chi connectivity index (χ2v) is 8.15. The number of hydrogen-bond donors (Lipinski definition) is 0. The first-order chi connectivity index (χ1) is 13.4. The van der Waals surface area contributed by atoms with Gasteiger partial charge in [-0.15, -0.1) is 0 Å². The molecule has 6 heteroatoms. The van der Waals surface area contributed by atoms with Crippen LogP contribution < -0.4 is 0 Å². The van der Waals surface area contributed by atoms with Crippen molar-refractivity contribution < 1.29 is 17.9 Å². The van der Waals surface area contributed by atoms with Crippen LogP contribution in [-0.2, 0) is 19.6 Å². The fraction of sp³-hybridized carbons (Fsp3) is 0.227. The molecule has 0 spiro atoms. The number of esters is 1. The summed E-state index contributed by atoms with van der Waals surface area (Å²) in [5.74, 6) is 11.1. The lowest BCUT2D eigenvalue weighted by atomic mass is 10.1. The van der Waals surface area contributed by atoms with Crippen molar-refractivity contribution in [3.05, 3.63) is 65.2 Å². The maximum atomic E-state index is 13.2. The summed E-state index contributed by atoms with van der Waals surface area (Å²) >= 11 is 0. The first-order valence-electron chi connectivity index (χ1n) is 8.66. The van der Waals surface area contributed by atoms with Crippen molar-refractivity contribution in [3.63, 3.8) is 0 Å². The van der Waals surface area contributed by atoms with Crippen LogP contribution in [0.5, 0.6) is 0 Å². The summed E-state index contributed by atoms with van der Waals surface area (Å²) in [7, 11) is -2.74. The van der Waals surface area contributed by atoms with Crippen molar-refractivity contribution in [3.8, 4) is 23.7 Å². The SMILES string of the molecule is COC(=O)[C@@H]1CC#Cc2ccccc2C#CCN1S(=O)(=O)c1ccc(C)cc1. The number of ether oxygens (including phenoxy) is 1. The van der Waals surface area contributed by atoms with Crippen LogP contribution in [0.4, 0.5) is 0 Å². The van der Waals surface area contributed by atoms with Gasteiger partial charge in [-0.2, -0.15) is 4.31 Å². The highest BCUT2D eigenvalue weighted by Crippen LogP contribution is 2.21. The Labute approximate surface area is 165 Å². The highest BCUT2D eigenvalue weighted by atomic mass is 32.2. The molecule has 0 N–H and O–H groups in total. The van der Waals surface area contributed by atoms with Gasteiger partial charge in [0.1, 0.15) is 6.04 Å². The predicted molar refractivity (Wildman–Crippen MR) is 106 cm³/mol. The molecule has 1 aliphatic heterocycles. The smallest absolute Gasteiger partial charge is 0.325 e. The zero-order valence-corrected chi connectivity index (χ0v) is 16.4. The number of hydrogen-bond acceptors (Lipinski definition) is 4. The molecule has 1 heterocycles. The standard InChI is InChI=1S/C22H19NO4S/c1-17-12-14-20(15-13-17)28(25,26)23-16-6-10-19-8-4-3-7-18(19)9-5-11-21(23)22(24)27-2/h3-4,7-8,12-15,21H,11,16H2,1-2H3/t21-/m0/s1. The quantitative estimate of drug-likeness (QED) is 0.593. The van der Waals surface area contributed by atoms with Gasteiger partial charge in [-0.25, -0.2) is 8.42 Å². The second-order valence-electron chi connectivity index (χ2n) is 6.26. The monoisotopic (exact) mass is 393 g/mol. The molecule has 0 saturated heterocycles. The third-order valence-electron chi connectivity index (χ3n) is 4.35. The van der Waals surface area contributed by atoms with Gasteiger partial charge in [-0.1, -0.05) is 53.5 Å². The molecular formula is C22H19NO4S. The molecule has 0 fully saturated rings. The van der Waals surface area contributed by atoms with Gasteiger partial charge < -0.3 is 4.74 Å². The van der Waals surface area contributed by atoms with Gasteiger partial charge in [0, 0.05) is 17.5 Å². The summed E-state index contributed by atoms with van der Waals surface area (Å²) in [6.07, 6.45) is 0.00772. The van der Waals surface area contributed by atoms with Gasteiger partial charge in [-0.3, -0.25) is 4.79 Å². The van der Waals surface area contributed by atoms with Gasteiger partial charge >= 0.3 is 5.97 Å². The van der Waals surface area contributed by atoms with Crippen LogP contribution in [0.25, 0.3) is 0 Å². The van der Waals surface area contributed by atoms with Gasteiger partial charge in [0.05, 0.1) is 18.6 Å². The summed E-state index contributed by atoms with van der Waals surface area (Å²) in [5.41, 5.74) is 2.40. The molecule has 0 aromatic heterocycles. The second kappa shape index (κ2) is 8.31. The highest BCUT2D eigenvalue weighted by Gasteiger charge is 2.36. The Kier molecular flexibility index (Phi) is 5.84. The van der Waals surface area contributed by atoms with Crippen LogP contribution >= 0.6 is 0 Å². The van der Waals surface area contributed by atoms with Crippen LogP contribution in [0.1, 0.15) is 23.1 Å². The number of fused-ring (bicyclic) bond motifs is 1. The minimum Gasteiger partial charge on any atom is -0.468 e. The lowest BCUT2D eigenvalue weighted by Gasteiger charge is -2.26. The van der Waals surface area contributed by atoms with Crippen LogP contribution in [0.3, 0.4) is 0 Å². The van der Waals surface area contributed by atoms with E-state index in [0.29, 0.717) is 0 Å². The number of carbonyl (C=O) groups excluding carboxylic acids is 1. The van der Waals surface area contributed by atoms with Crippen molar-refractivity contribution in [2.45, 2.75) is 24.3 Å². The predicted octanol–water partition coefficient (Wildman–Crippen LogP) is 2.33. The average Bonchev–Trinajstić information content (AvgIpc) is 2.70. The van der Waals surface area contributed by atoms with E-state index in [1.54, 1.807) is 12.1 Å². The largest absolute Gasteiger partial charge is 0.468 e. The lowest BCUT2D eigenvalue weighted by molar-refractivity contribution is -0.144. The molecule has 0 radical (unpaired) electrons. The van der Waals surface area contributed by atoms with Gasteiger partial charge in [0.2, 0.25) is 10.0 Å². The van der Waals surface area contributed by atoms with Crippen molar-refractivity contribution in [2.75, 3.05) is 13.7 Å². The third kappa shape index (κ3) is 4.09. The number of sulfonamides is 1. The van der Waals surface area contributed by atoms with Gasteiger partial charge in [-0.05, 0) is 31.2 Å². The summed E-state index contributed by atoms with van der Waals surface area (Å²) < 4.78 is 32.4. The van der Waals surface area contributed by atoms with E-state index in [0.717, 1.165) is 21.0 Å². The Morgan fingerprint density at radius 2 is 1.64 bits per heavy atom. The molecule has 2 aromatic carbocycles. The number of nitrogens with zero attached hydrogens (tertiary/aromatic N) is 1. The minimum absolute atomic E-state index is 0.00772. The first kappa shape index (κ1) is 19.7. The van der Waals surface area contributed by atoms with Gasteiger partial charge in [0.25, 0.3) is 0 Å². The summed E-state index contributed by atoms with van der Waals surface area (Å²) in [4.78, 5) is 12.5. The topological polar surface area (TPSA) is 63.7 Å². The van der Waals surface area contributed by atoms with E-state index < -0.39 is 22.0 Å². The third-order valence-corrected chi connectivity index (χ3v) is 6.22. The van der Waals surface area contributed by atoms with E-state index in [1.165, 1.54) is 19.2 Å². The number of rotatable bonds is 3. The fourth-order valence-electron chi connectivity index (χ4n) is 2.80. The van der Waals surface area contributed by atoms with E-state index in [2.05, 4.69) is 23.7 Å². The molecule has 0 amide bonds. The molecule has 1 aliphatic rings. The van der Waals surface area contributed by atoms with Crippen LogP contribution in [-0.4, -0.2) is 38.4 Å². The average molecular weight is 393 g/mol. The maximum absolute atomic E-state index is 13.2. The van der Waals surface area contributed by atoms with Crippen LogP contribution in [0, 0.1) is 30.6 Å². The number of methoxy groups -OCH3 is 1. The Bertz CT molecular complexity index is 1110. The number of benzene rings is 2. The molecule has 1 atom stereocenters. The molecule has 2 aromatic rings. The number of aryl methyl sites for hydroxylation is 1. The van der Waals surface area contributed by atoms with E-state index in [-0.39, 0.29) is 17.9 Å². The Balaban J connectivity index is 2.09. The molecular weight excluding hydrogens is 374 g/mol. The van der Waals surface area contributed by atoms with Crippen LogP contribution in [0.15, 0.2) is 53.4 Å². The molecule has 0 saturated carbocycles. The molecule has 0 aliphatic carbocycles. The van der Waals surface area contributed by atoms with Crippen molar-refractivity contribution in [2.24, 2.45) is 0 Å². The minimum atomic E-state index is -3.97. The van der Waals surface area contributed by atoms with E-state index in [4.69, 9.17) is 4.74 Å². The van der Waals surface area contributed by atoms with Crippen molar-refractivity contribution >= 4 is 16.0 Å². The van der Waals surface area contributed by atoms with Crippen LogP contribution in [0.2, 0.25) is 0 Å². The zero-order valence-electron chi connectivity index (χ0n) is 15.6. The van der Waals surface area contributed by atoms with E-state index in [1.807, 2.05) is 31.2 Å². The molecule has 28 heavy (non-hydrogen) atoms. The number of carbonyl (C=O) groups is 1. The highest BCUT2D eigenvalue weighted by molar-refractivity contribution is 7.89. The van der Waals surface area contributed by atoms with Crippen molar-refractivity contribution in [1.82, 2.24) is 4.31 Å². The summed E-state index contributed by atoms with van der Waals surface area (Å²) in [6.45, 7) is 1.72. The fourth-order valence-corrected chi connectivity index (χ4v) is 4.28. The Morgan fingerprint density at radius 1 is 1.04 bits per heavy atom. The van der Waals surface area contributed by atoms with Crippen molar-refractivity contribution in [1.29, 1.82) is 0 Å². The Morgan fingerprint density at radius 3 is 2.25 bits per heavy atom. The molecule has 0 bridgehead atoms. The Hall–Kier alpha value is -3.06. The lowest BCUT2D eigenvalue weighted by Crippen LogP contribution is -2.45. The summed E-state index contributed by atoms with van der Waals surface area (Å²) in [5, 5.41) is 0. The molecule has 142 valence electrons. The van der Waals surface area contributed by atoms with E-state index >= 15 is 0 Å². The van der Waals surface area contributed by atoms with E-state index in [9.17, 15) is 13.2 Å². The molecule has 3 rings (SSSR count). The normalized spacial score (nSPS) is 16.6. The van der Waals surface area contributed by atoms with Gasteiger partial charge in [0.15, 0.2) is 0 Å².